The third-order valence-corrected chi connectivity index (χ3v) is 4.26. The topological polar surface area (TPSA) is 57.7 Å². The first-order valence-corrected chi connectivity index (χ1v) is 7.87. The molecular weight excluding hydrogens is 240 g/mol. The highest BCUT2D eigenvalue weighted by atomic mass is 32.2. The van der Waals surface area contributed by atoms with E-state index in [9.17, 15) is 13.2 Å². The third kappa shape index (κ3) is 5.04. The minimum atomic E-state index is -3.34. The second kappa shape index (κ2) is 6.96. The van der Waals surface area contributed by atoms with E-state index in [-0.39, 0.29) is 18.5 Å². The van der Waals surface area contributed by atoms with Gasteiger partial charge in [-0.3, -0.25) is 4.79 Å². The molecule has 5 nitrogen and oxygen atoms in total. The van der Waals surface area contributed by atoms with Crippen LogP contribution in [0.5, 0.6) is 0 Å². The zero-order valence-electron chi connectivity index (χ0n) is 11.4. The van der Waals surface area contributed by atoms with Crippen LogP contribution in [0.2, 0.25) is 0 Å². The summed E-state index contributed by atoms with van der Waals surface area (Å²) in [5.74, 6) is -0.138. The van der Waals surface area contributed by atoms with E-state index < -0.39 is 10.0 Å². The molecule has 0 aliphatic rings. The smallest absolute Gasteiger partial charge is 0.237 e. The summed E-state index contributed by atoms with van der Waals surface area (Å²) < 4.78 is 24.5. The van der Waals surface area contributed by atoms with Crippen molar-refractivity contribution < 1.29 is 13.2 Å². The summed E-state index contributed by atoms with van der Waals surface area (Å²) in [6, 6.07) is -0.149. The van der Waals surface area contributed by atoms with Crippen LogP contribution in [0.4, 0.5) is 0 Å². The minimum Gasteiger partial charge on any atom is -0.342 e. The van der Waals surface area contributed by atoms with E-state index in [2.05, 4.69) is 0 Å². The molecule has 6 heteroatoms. The molecule has 0 aliphatic carbocycles. The number of rotatable bonds is 7. The summed E-state index contributed by atoms with van der Waals surface area (Å²) in [5, 5.41) is 0. The Bertz CT molecular complexity index is 337. The largest absolute Gasteiger partial charge is 0.342 e. The molecule has 0 rings (SSSR count). The van der Waals surface area contributed by atoms with Gasteiger partial charge in [-0.15, -0.1) is 0 Å². The van der Waals surface area contributed by atoms with Gasteiger partial charge >= 0.3 is 0 Å². The second-order valence-corrected chi connectivity index (χ2v) is 6.07. The lowest BCUT2D eigenvalue weighted by Crippen LogP contribution is -2.46. The van der Waals surface area contributed by atoms with Crippen molar-refractivity contribution in [2.75, 3.05) is 25.9 Å². The zero-order chi connectivity index (χ0) is 13.6. The molecule has 0 fully saturated rings. The Kier molecular flexibility index (Phi) is 6.70. The first-order valence-electron chi connectivity index (χ1n) is 6.02. The maximum atomic E-state index is 11.9. The molecule has 0 aromatic heterocycles. The Morgan fingerprint density at radius 2 is 1.65 bits per heavy atom. The first-order chi connectivity index (χ1) is 7.77. The van der Waals surface area contributed by atoms with Crippen molar-refractivity contribution >= 4 is 15.9 Å². The van der Waals surface area contributed by atoms with Crippen molar-refractivity contribution in [1.82, 2.24) is 9.21 Å². The predicted octanol–water partition coefficient (Wildman–Crippen LogP) is 0.915. The average Bonchev–Trinajstić information content (AvgIpc) is 2.25. The molecule has 0 saturated carbocycles. The van der Waals surface area contributed by atoms with Crippen molar-refractivity contribution in [1.29, 1.82) is 0 Å². The number of amides is 1. The van der Waals surface area contributed by atoms with E-state index in [1.165, 1.54) is 4.31 Å². The first kappa shape index (κ1) is 16.4. The normalized spacial score (nSPS) is 13.8. The number of sulfonamides is 1. The van der Waals surface area contributed by atoms with Crippen molar-refractivity contribution in [2.45, 2.75) is 40.2 Å². The van der Waals surface area contributed by atoms with Crippen LogP contribution in [0.25, 0.3) is 0 Å². The van der Waals surface area contributed by atoms with Crippen LogP contribution in [0.1, 0.15) is 34.1 Å². The molecule has 0 N–H and O–H groups in total. The molecule has 0 aromatic carbocycles. The molecule has 17 heavy (non-hydrogen) atoms. The Morgan fingerprint density at radius 1 is 1.18 bits per heavy atom. The number of likely N-dealkylation sites (N-methyl/N-ethyl adjacent to an activating group) is 1. The number of hydrogen-bond acceptors (Lipinski definition) is 3. The summed E-state index contributed by atoms with van der Waals surface area (Å²) in [7, 11) is -3.34. The van der Waals surface area contributed by atoms with Crippen LogP contribution >= 0.6 is 0 Å². The molecule has 102 valence electrons. The highest BCUT2D eigenvalue weighted by molar-refractivity contribution is 7.88. The van der Waals surface area contributed by atoms with E-state index in [1.54, 1.807) is 4.90 Å². The van der Waals surface area contributed by atoms with Gasteiger partial charge in [0.15, 0.2) is 0 Å². The van der Waals surface area contributed by atoms with Crippen LogP contribution < -0.4 is 0 Å². The summed E-state index contributed by atoms with van der Waals surface area (Å²) in [6.07, 6.45) is 1.84. The van der Waals surface area contributed by atoms with E-state index in [0.29, 0.717) is 19.5 Å². The molecule has 0 radical (unpaired) electrons. The summed E-state index contributed by atoms with van der Waals surface area (Å²) >= 11 is 0. The van der Waals surface area contributed by atoms with Gasteiger partial charge in [0.25, 0.3) is 0 Å². The van der Waals surface area contributed by atoms with Gasteiger partial charge in [-0.05, 0) is 27.2 Å². The van der Waals surface area contributed by atoms with Crippen LogP contribution in [0.3, 0.4) is 0 Å². The monoisotopic (exact) mass is 264 g/mol. The van der Waals surface area contributed by atoms with Crippen molar-refractivity contribution in [3.05, 3.63) is 0 Å². The molecule has 0 aliphatic heterocycles. The molecule has 0 spiro atoms. The van der Waals surface area contributed by atoms with Gasteiger partial charge in [-0.1, -0.05) is 6.92 Å². The molecule has 0 aromatic rings. The summed E-state index contributed by atoms with van der Waals surface area (Å²) in [5.41, 5.74) is 0. The predicted molar refractivity (Wildman–Crippen MR) is 69.2 cm³/mol. The van der Waals surface area contributed by atoms with E-state index in [0.717, 1.165) is 6.26 Å². The SMILES string of the molecule is CCC(C)N(CC(=O)N(CC)CC)S(C)(=O)=O. The number of hydrogen-bond donors (Lipinski definition) is 0. The lowest BCUT2D eigenvalue weighted by molar-refractivity contribution is -0.131. The lowest BCUT2D eigenvalue weighted by atomic mass is 10.2. The third-order valence-electron chi connectivity index (χ3n) is 2.92. The van der Waals surface area contributed by atoms with Crippen molar-refractivity contribution in [2.24, 2.45) is 0 Å². The lowest BCUT2D eigenvalue weighted by Gasteiger charge is -2.28. The summed E-state index contributed by atoms with van der Waals surface area (Å²) in [6.45, 7) is 8.64. The standard InChI is InChI=1S/C11H24N2O3S/c1-6-10(4)13(17(5,15)16)9-11(14)12(7-2)8-3/h10H,6-9H2,1-5H3. The van der Waals surface area contributed by atoms with Crippen molar-refractivity contribution in [3.63, 3.8) is 0 Å². The van der Waals surface area contributed by atoms with Gasteiger partial charge in [0, 0.05) is 19.1 Å². The van der Waals surface area contributed by atoms with Gasteiger partial charge in [-0.2, -0.15) is 4.31 Å². The molecular formula is C11H24N2O3S. The Hall–Kier alpha value is -0.620. The fourth-order valence-corrected chi connectivity index (χ4v) is 2.76. The van der Waals surface area contributed by atoms with Crippen LogP contribution in [0, 0.1) is 0 Å². The molecule has 0 bridgehead atoms. The number of carbonyl (C=O) groups is 1. The minimum absolute atomic E-state index is 0.0600. The van der Waals surface area contributed by atoms with E-state index in [1.807, 2.05) is 27.7 Å². The van der Waals surface area contributed by atoms with Crippen LogP contribution in [-0.2, 0) is 14.8 Å². The highest BCUT2D eigenvalue weighted by Crippen LogP contribution is 2.09. The van der Waals surface area contributed by atoms with Gasteiger partial charge < -0.3 is 4.90 Å². The number of nitrogens with zero attached hydrogens (tertiary/aromatic N) is 2. The van der Waals surface area contributed by atoms with Gasteiger partial charge in [-0.25, -0.2) is 8.42 Å². The Balaban J connectivity index is 4.83. The maximum absolute atomic E-state index is 11.9. The molecule has 1 amide bonds. The van der Waals surface area contributed by atoms with E-state index in [4.69, 9.17) is 0 Å². The molecule has 1 atom stereocenters. The molecule has 0 saturated heterocycles. The average molecular weight is 264 g/mol. The number of carbonyl (C=O) groups excluding carboxylic acids is 1. The quantitative estimate of drug-likeness (QED) is 0.687. The van der Waals surface area contributed by atoms with E-state index >= 15 is 0 Å². The summed E-state index contributed by atoms with van der Waals surface area (Å²) in [4.78, 5) is 13.5. The Morgan fingerprint density at radius 3 is 1.94 bits per heavy atom. The zero-order valence-corrected chi connectivity index (χ0v) is 12.2. The van der Waals surface area contributed by atoms with Crippen LogP contribution in [0.15, 0.2) is 0 Å². The molecule has 0 heterocycles. The van der Waals surface area contributed by atoms with Gasteiger partial charge in [0.05, 0.1) is 12.8 Å². The van der Waals surface area contributed by atoms with Gasteiger partial charge in [0.1, 0.15) is 0 Å². The highest BCUT2D eigenvalue weighted by Gasteiger charge is 2.26. The fraction of sp³-hybridized carbons (Fsp3) is 0.909. The molecule has 1 unspecified atom stereocenters. The van der Waals surface area contributed by atoms with Crippen LogP contribution in [-0.4, -0.2) is 55.5 Å². The van der Waals surface area contributed by atoms with Gasteiger partial charge in [0.2, 0.25) is 15.9 Å². The Labute approximate surface area is 105 Å². The maximum Gasteiger partial charge on any atom is 0.237 e. The second-order valence-electron chi connectivity index (χ2n) is 4.13. The van der Waals surface area contributed by atoms with Crippen molar-refractivity contribution in [3.8, 4) is 0 Å². The fourth-order valence-electron chi connectivity index (χ4n) is 1.61.